The zero-order valence-electron chi connectivity index (χ0n) is 13.9. The molecule has 2 rings (SSSR count). The van der Waals surface area contributed by atoms with Crippen LogP contribution in [0.5, 0.6) is 5.75 Å². The number of aryl methyl sites for hydroxylation is 2. The molecule has 0 saturated carbocycles. The van der Waals surface area contributed by atoms with Gasteiger partial charge in [0.1, 0.15) is 5.75 Å². The Bertz CT molecular complexity index is 453. The minimum atomic E-state index is 0.384. The van der Waals surface area contributed by atoms with Gasteiger partial charge in [0, 0.05) is 18.6 Å². The maximum atomic E-state index is 5.71. The van der Waals surface area contributed by atoms with E-state index in [0.29, 0.717) is 12.0 Å². The first kappa shape index (κ1) is 16.3. The van der Waals surface area contributed by atoms with Crippen molar-refractivity contribution in [3.8, 4) is 5.75 Å². The molecule has 0 bridgehead atoms. The van der Waals surface area contributed by atoms with Gasteiger partial charge in [-0.25, -0.2) is 0 Å². The monoisotopic (exact) mass is 291 g/mol. The number of hydrogen-bond acceptors (Lipinski definition) is 3. The van der Waals surface area contributed by atoms with Crippen LogP contribution < -0.4 is 10.1 Å². The van der Waals surface area contributed by atoms with E-state index in [1.54, 1.807) is 7.11 Å². The van der Waals surface area contributed by atoms with E-state index in [0.717, 1.165) is 31.9 Å². The zero-order chi connectivity index (χ0) is 15.2. The fraction of sp³-hybridized carbons (Fsp3) is 0.667. The Morgan fingerprint density at radius 3 is 2.76 bits per heavy atom. The van der Waals surface area contributed by atoms with E-state index in [-0.39, 0.29) is 0 Å². The smallest absolute Gasteiger partial charge is 0.122 e. The van der Waals surface area contributed by atoms with E-state index in [1.807, 2.05) is 0 Å². The predicted molar refractivity (Wildman–Crippen MR) is 87.0 cm³/mol. The Morgan fingerprint density at radius 2 is 2.14 bits per heavy atom. The zero-order valence-corrected chi connectivity index (χ0v) is 13.9. The summed E-state index contributed by atoms with van der Waals surface area (Å²) in [6.07, 6.45) is 3.56. The molecule has 0 radical (unpaired) electrons. The van der Waals surface area contributed by atoms with Crippen LogP contribution in [-0.4, -0.2) is 26.9 Å². The Balaban J connectivity index is 2.28. The fourth-order valence-electron chi connectivity index (χ4n) is 3.23. The molecule has 3 heteroatoms. The largest absolute Gasteiger partial charge is 0.496 e. The highest BCUT2D eigenvalue weighted by molar-refractivity contribution is 5.43. The Morgan fingerprint density at radius 1 is 1.33 bits per heavy atom. The summed E-state index contributed by atoms with van der Waals surface area (Å²) < 4.78 is 11.2. The maximum Gasteiger partial charge on any atom is 0.122 e. The standard InChI is InChI=1S/C18H29NO2/c1-5-8-19-18(15-7-6-9-21-12-15)16-10-14(3)17(20-4)11-13(16)2/h10-11,15,18-19H,5-9,12H2,1-4H3. The van der Waals surface area contributed by atoms with Crippen LogP contribution in [0.2, 0.25) is 0 Å². The third kappa shape index (κ3) is 3.98. The molecule has 3 nitrogen and oxygen atoms in total. The number of ether oxygens (including phenoxy) is 2. The summed E-state index contributed by atoms with van der Waals surface area (Å²) in [6, 6.07) is 4.83. The van der Waals surface area contributed by atoms with Crippen LogP contribution in [0.4, 0.5) is 0 Å². The second-order valence-corrected chi connectivity index (χ2v) is 6.09. The molecule has 1 aliphatic heterocycles. The van der Waals surface area contributed by atoms with E-state index in [1.165, 1.54) is 29.5 Å². The van der Waals surface area contributed by atoms with Gasteiger partial charge in [-0.05, 0) is 62.4 Å². The summed E-state index contributed by atoms with van der Waals surface area (Å²) in [6.45, 7) is 9.35. The first-order valence-corrected chi connectivity index (χ1v) is 8.13. The molecular weight excluding hydrogens is 262 g/mol. The van der Waals surface area contributed by atoms with Crippen LogP contribution in [0.15, 0.2) is 12.1 Å². The van der Waals surface area contributed by atoms with E-state index >= 15 is 0 Å². The molecular formula is C18H29NO2. The summed E-state index contributed by atoms with van der Waals surface area (Å²) in [4.78, 5) is 0. The summed E-state index contributed by atoms with van der Waals surface area (Å²) in [5, 5.41) is 3.74. The van der Waals surface area contributed by atoms with Crippen LogP contribution >= 0.6 is 0 Å². The Kier molecular flexibility index (Phi) is 6.07. The molecule has 0 amide bonds. The number of benzene rings is 1. The third-order valence-electron chi connectivity index (χ3n) is 4.40. The van der Waals surface area contributed by atoms with Gasteiger partial charge in [0.2, 0.25) is 0 Å². The molecule has 1 aliphatic rings. The molecule has 1 fully saturated rings. The van der Waals surface area contributed by atoms with Crippen LogP contribution in [0.3, 0.4) is 0 Å². The predicted octanol–water partition coefficient (Wildman–Crippen LogP) is 3.78. The molecule has 1 saturated heterocycles. The van der Waals surface area contributed by atoms with Gasteiger partial charge in [-0.15, -0.1) is 0 Å². The van der Waals surface area contributed by atoms with Crippen molar-refractivity contribution >= 4 is 0 Å². The molecule has 0 aliphatic carbocycles. The highest BCUT2D eigenvalue weighted by Gasteiger charge is 2.26. The number of methoxy groups -OCH3 is 1. The second kappa shape index (κ2) is 7.81. The van der Waals surface area contributed by atoms with Crippen molar-refractivity contribution in [1.82, 2.24) is 5.32 Å². The molecule has 1 N–H and O–H groups in total. The molecule has 118 valence electrons. The second-order valence-electron chi connectivity index (χ2n) is 6.09. The summed E-state index contributed by atoms with van der Waals surface area (Å²) in [5.41, 5.74) is 3.91. The average Bonchev–Trinajstić information content (AvgIpc) is 2.51. The number of rotatable bonds is 6. The quantitative estimate of drug-likeness (QED) is 0.865. The molecule has 2 unspecified atom stereocenters. The Hall–Kier alpha value is -1.06. The van der Waals surface area contributed by atoms with Crippen LogP contribution in [0.25, 0.3) is 0 Å². The van der Waals surface area contributed by atoms with E-state index < -0.39 is 0 Å². The van der Waals surface area contributed by atoms with Crippen molar-refractivity contribution in [3.05, 3.63) is 28.8 Å². The van der Waals surface area contributed by atoms with Gasteiger partial charge >= 0.3 is 0 Å². The van der Waals surface area contributed by atoms with Crippen molar-refractivity contribution in [3.63, 3.8) is 0 Å². The maximum absolute atomic E-state index is 5.71. The number of hydrogen-bond donors (Lipinski definition) is 1. The van der Waals surface area contributed by atoms with Crippen molar-refractivity contribution in [1.29, 1.82) is 0 Å². The van der Waals surface area contributed by atoms with Crippen LogP contribution in [-0.2, 0) is 4.74 Å². The summed E-state index contributed by atoms with van der Waals surface area (Å²) >= 11 is 0. The molecule has 2 atom stereocenters. The lowest BCUT2D eigenvalue weighted by Crippen LogP contribution is -2.34. The van der Waals surface area contributed by atoms with Gasteiger partial charge in [-0.3, -0.25) is 0 Å². The molecule has 0 spiro atoms. The summed E-state index contributed by atoms with van der Waals surface area (Å²) in [5.74, 6) is 1.54. The fourth-order valence-corrected chi connectivity index (χ4v) is 3.23. The van der Waals surface area contributed by atoms with Gasteiger partial charge in [-0.2, -0.15) is 0 Å². The minimum Gasteiger partial charge on any atom is -0.496 e. The minimum absolute atomic E-state index is 0.384. The highest BCUT2D eigenvalue weighted by atomic mass is 16.5. The van der Waals surface area contributed by atoms with Crippen molar-refractivity contribution < 1.29 is 9.47 Å². The lowest BCUT2D eigenvalue weighted by molar-refractivity contribution is 0.0389. The van der Waals surface area contributed by atoms with Crippen molar-refractivity contribution in [2.45, 2.75) is 46.1 Å². The SMILES string of the molecule is CCCNC(c1cc(C)c(OC)cc1C)C1CCCOC1. The van der Waals surface area contributed by atoms with Gasteiger partial charge in [0.05, 0.1) is 13.7 Å². The topological polar surface area (TPSA) is 30.5 Å². The van der Waals surface area contributed by atoms with Gasteiger partial charge in [0.15, 0.2) is 0 Å². The number of nitrogens with one attached hydrogen (secondary N) is 1. The van der Waals surface area contributed by atoms with E-state index in [2.05, 4.69) is 38.2 Å². The van der Waals surface area contributed by atoms with Gasteiger partial charge in [-0.1, -0.05) is 13.0 Å². The molecule has 1 aromatic carbocycles. The summed E-state index contributed by atoms with van der Waals surface area (Å²) in [7, 11) is 1.74. The lowest BCUT2D eigenvalue weighted by atomic mass is 9.85. The van der Waals surface area contributed by atoms with Gasteiger partial charge in [0.25, 0.3) is 0 Å². The van der Waals surface area contributed by atoms with E-state index in [9.17, 15) is 0 Å². The normalized spacial score (nSPS) is 20.3. The first-order chi connectivity index (χ1) is 10.2. The molecule has 1 heterocycles. The third-order valence-corrected chi connectivity index (χ3v) is 4.40. The van der Waals surface area contributed by atoms with Gasteiger partial charge < -0.3 is 14.8 Å². The molecule has 0 aromatic heterocycles. The first-order valence-electron chi connectivity index (χ1n) is 8.13. The highest BCUT2D eigenvalue weighted by Crippen LogP contribution is 2.33. The van der Waals surface area contributed by atoms with Crippen molar-refractivity contribution in [2.75, 3.05) is 26.9 Å². The molecule has 21 heavy (non-hydrogen) atoms. The average molecular weight is 291 g/mol. The van der Waals surface area contributed by atoms with E-state index in [4.69, 9.17) is 9.47 Å². The molecule has 1 aromatic rings. The van der Waals surface area contributed by atoms with Crippen LogP contribution in [0, 0.1) is 19.8 Å². The lowest BCUT2D eigenvalue weighted by Gasteiger charge is -2.32. The Labute approximate surface area is 129 Å². The van der Waals surface area contributed by atoms with Crippen LogP contribution in [0.1, 0.15) is 48.9 Å². The van der Waals surface area contributed by atoms with Crippen molar-refractivity contribution in [2.24, 2.45) is 5.92 Å².